The van der Waals surface area contributed by atoms with Crippen LogP contribution in [0, 0.1) is 0 Å². The number of fused-ring (bicyclic) bond motifs is 1. The predicted molar refractivity (Wildman–Crippen MR) is 152 cm³/mol. The van der Waals surface area contributed by atoms with Crippen LogP contribution in [0.1, 0.15) is 24.5 Å². The van der Waals surface area contributed by atoms with Gasteiger partial charge in [0.25, 0.3) is 0 Å². The Hall–Kier alpha value is -3.83. The molecule has 4 unspecified atom stereocenters. The normalized spacial score (nSPS) is 14.1. The summed E-state index contributed by atoms with van der Waals surface area (Å²) >= 11 is 1.57. The molecule has 0 radical (unpaired) electrons. The maximum atomic E-state index is 13.4. The van der Waals surface area contributed by atoms with Crippen LogP contribution in [-0.4, -0.2) is 70.0 Å². The second-order valence-electron chi connectivity index (χ2n) is 9.33. The zero-order chi connectivity index (χ0) is 28.4. The Bertz CT molecular complexity index is 1280. The van der Waals surface area contributed by atoms with E-state index in [1.165, 1.54) is 6.92 Å². The molecule has 0 aliphatic rings. The number of carboxylic acid groups (broad SMARTS) is 1. The number of amides is 3. The highest BCUT2D eigenvalue weighted by molar-refractivity contribution is 7.98. The number of nitrogens with two attached hydrogens (primary N) is 1. The first-order chi connectivity index (χ1) is 18.7. The van der Waals surface area contributed by atoms with Gasteiger partial charge < -0.3 is 31.8 Å². The Morgan fingerprint density at radius 1 is 0.897 bits per heavy atom. The molecule has 0 aliphatic carbocycles. The van der Waals surface area contributed by atoms with Gasteiger partial charge in [0.1, 0.15) is 18.1 Å². The topological polar surface area (TPSA) is 166 Å². The number of hydrogen-bond donors (Lipinski definition) is 6. The van der Waals surface area contributed by atoms with Crippen molar-refractivity contribution in [3.8, 4) is 0 Å². The maximum Gasteiger partial charge on any atom is 0.326 e. The van der Waals surface area contributed by atoms with E-state index in [-0.39, 0.29) is 12.8 Å². The second-order valence-corrected chi connectivity index (χ2v) is 10.3. The lowest BCUT2D eigenvalue weighted by molar-refractivity contribution is -0.142. The van der Waals surface area contributed by atoms with E-state index in [0.29, 0.717) is 12.2 Å². The molecule has 39 heavy (non-hydrogen) atoms. The number of aromatic nitrogens is 1. The third kappa shape index (κ3) is 8.59. The Labute approximate surface area is 231 Å². The van der Waals surface area contributed by atoms with Crippen molar-refractivity contribution in [2.45, 2.75) is 50.4 Å². The van der Waals surface area contributed by atoms with Gasteiger partial charge >= 0.3 is 5.97 Å². The Morgan fingerprint density at radius 3 is 2.26 bits per heavy atom. The molecule has 1 heterocycles. The molecular weight excluding hydrogens is 518 g/mol. The van der Waals surface area contributed by atoms with Crippen molar-refractivity contribution in [1.29, 1.82) is 0 Å². The summed E-state index contributed by atoms with van der Waals surface area (Å²) in [6, 6.07) is 12.5. The summed E-state index contributed by atoms with van der Waals surface area (Å²) < 4.78 is 0. The van der Waals surface area contributed by atoms with Gasteiger partial charge in [-0.05, 0) is 42.5 Å². The molecule has 4 atom stereocenters. The van der Waals surface area contributed by atoms with Crippen molar-refractivity contribution in [1.82, 2.24) is 20.9 Å². The largest absolute Gasteiger partial charge is 0.480 e. The van der Waals surface area contributed by atoms with Crippen LogP contribution >= 0.6 is 11.8 Å². The number of carbonyl (C=O) groups is 4. The van der Waals surface area contributed by atoms with Gasteiger partial charge in [0.15, 0.2) is 0 Å². The smallest absolute Gasteiger partial charge is 0.326 e. The first-order valence-corrected chi connectivity index (χ1v) is 14.1. The summed E-state index contributed by atoms with van der Waals surface area (Å²) in [4.78, 5) is 54.0. The summed E-state index contributed by atoms with van der Waals surface area (Å²) in [7, 11) is 0. The number of H-pyrrole nitrogens is 1. The zero-order valence-corrected chi connectivity index (χ0v) is 22.8. The predicted octanol–water partition coefficient (Wildman–Crippen LogP) is 1.59. The highest BCUT2D eigenvalue weighted by Gasteiger charge is 2.29. The third-order valence-corrected chi connectivity index (χ3v) is 6.99. The third-order valence-electron chi connectivity index (χ3n) is 6.35. The standard InChI is InChI=1S/C28H35N5O5S/c1-17(31-26(35)21(29)12-13-39-2)25(34)32-23(15-19-16-30-22-11-7-6-10-20(19)22)27(36)33-24(28(37)38)14-18-8-4-3-5-9-18/h3-11,16-17,21,23-24,30H,12-15,29H2,1-2H3,(H,31,35)(H,32,34)(H,33,36)(H,37,38). The Morgan fingerprint density at radius 2 is 1.56 bits per heavy atom. The molecule has 0 bridgehead atoms. The van der Waals surface area contributed by atoms with Crippen molar-refractivity contribution >= 4 is 46.4 Å². The van der Waals surface area contributed by atoms with Gasteiger partial charge in [-0.15, -0.1) is 0 Å². The zero-order valence-electron chi connectivity index (χ0n) is 22.0. The van der Waals surface area contributed by atoms with Gasteiger partial charge in [-0.1, -0.05) is 48.5 Å². The van der Waals surface area contributed by atoms with Crippen molar-refractivity contribution in [3.05, 3.63) is 71.9 Å². The molecule has 11 heteroatoms. The molecule has 3 amide bonds. The monoisotopic (exact) mass is 553 g/mol. The number of benzene rings is 2. The van der Waals surface area contributed by atoms with Crippen LogP contribution in [0.2, 0.25) is 0 Å². The van der Waals surface area contributed by atoms with E-state index in [2.05, 4.69) is 20.9 Å². The van der Waals surface area contributed by atoms with Crippen molar-refractivity contribution in [3.63, 3.8) is 0 Å². The van der Waals surface area contributed by atoms with E-state index < -0.39 is 47.9 Å². The van der Waals surface area contributed by atoms with Gasteiger partial charge in [0.2, 0.25) is 17.7 Å². The van der Waals surface area contributed by atoms with E-state index in [9.17, 15) is 24.3 Å². The second kappa shape index (κ2) is 14.4. The number of thioether (sulfide) groups is 1. The van der Waals surface area contributed by atoms with Gasteiger partial charge in [-0.2, -0.15) is 11.8 Å². The molecule has 0 saturated heterocycles. The van der Waals surface area contributed by atoms with Crippen molar-refractivity contribution in [2.75, 3.05) is 12.0 Å². The average Bonchev–Trinajstić information content (AvgIpc) is 3.33. The van der Waals surface area contributed by atoms with Crippen molar-refractivity contribution < 1.29 is 24.3 Å². The lowest BCUT2D eigenvalue weighted by Crippen LogP contribution is -2.57. The lowest BCUT2D eigenvalue weighted by atomic mass is 10.0. The maximum absolute atomic E-state index is 13.4. The molecule has 10 nitrogen and oxygen atoms in total. The lowest BCUT2D eigenvalue weighted by Gasteiger charge is -2.24. The van der Waals surface area contributed by atoms with E-state index in [1.54, 1.807) is 42.2 Å². The molecule has 1 aromatic heterocycles. The number of nitrogens with one attached hydrogen (secondary N) is 4. The van der Waals surface area contributed by atoms with Crippen molar-refractivity contribution in [2.24, 2.45) is 5.73 Å². The van der Waals surface area contributed by atoms with Crippen LogP contribution in [-0.2, 0) is 32.0 Å². The van der Waals surface area contributed by atoms with Gasteiger partial charge in [-0.25, -0.2) is 4.79 Å². The fourth-order valence-corrected chi connectivity index (χ4v) is 4.60. The number of aromatic amines is 1. The molecule has 2 aromatic carbocycles. The molecule has 3 rings (SSSR count). The minimum absolute atomic E-state index is 0.0794. The molecule has 0 fully saturated rings. The number of aliphatic carboxylic acids is 1. The fourth-order valence-electron chi connectivity index (χ4n) is 4.11. The van der Waals surface area contributed by atoms with Gasteiger partial charge in [0, 0.05) is 29.9 Å². The SMILES string of the molecule is CSCCC(N)C(=O)NC(C)C(=O)NC(Cc1c[nH]c2ccccc12)C(=O)NC(Cc1ccccc1)C(=O)O. The molecular formula is C28H35N5O5S. The fraction of sp³-hybridized carbons (Fsp3) is 0.357. The minimum atomic E-state index is -1.20. The quantitative estimate of drug-likeness (QED) is 0.176. The Balaban J connectivity index is 1.77. The summed E-state index contributed by atoms with van der Waals surface area (Å²) in [5.41, 5.74) is 8.30. The van der Waals surface area contributed by atoms with E-state index in [1.807, 2.05) is 36.6 Å². The number of carboxylic acids is 1. The van der Waals surface area contributed by atoms with Crippen LogP contribution in [0.5, 0.6) is 0 Å². The number of para-hydroxylation sites is 1. The highest BCUT2D eigenvalue weighted by atomic mass is 32.2. The molecule has 3 aromatic rings. The van der Waals surface area contributed by atoms with Crippen LogP contribution in [0.3, 0.4) is 0 Å². The van der Waals surface area contributed by atoms with E-state index in [4.69, 9.17) is 5.73 Å². The molecule has 208 valence electrons. The summed E-state index contributed by atoms with van der Waals surface area (Å²) in [5, 5.41) is 18.5. The first-order valence-electron chi connectivity index (χ1n) is 12.7. The van der Waals surface area contributed by atoms with Crippen LogP contribution in [0.4, 0.5) is 0 Å². The van der Waals surface area contributed by atoms with Gasteiger partial charge in [-0.3, -0.25) is 14.4 Å². The van der Waals surface area contributed by atoms with Crippen LogP contribution in [0.15, 0.2) is 60.8 Å². The van der Waals surface area contributed by atoms with Crippen LogP contribution < -0.4 is 21.7 Å². The average molecular weight is 554 g/mol. The molecule has 0 saturated carbocycles. The number of carbonyl (C=O) groups excluding carboxylic acids is 3. The Kier molecular flexibility index (Phi) is 10.9. The first kappa shape index (κ1) is 29.7. The molecule has 7 N–H and O–H groups in total. The summed E-state index contributed by atoms with van der Waals surface area (Å²) in [5.74, 6) is -2.18. The molecule has 0 aliphatic heterocycles. The number of hydrogen-bond acceptors (Lipinski definition) is 6. The highest BCUT2D eigenvalue weighted by Crippen LogP contribution is 2.19. The summed E-state index contributed by atoms with van der Waals surface area (Å²) in [6.45, 7) is 1.50. The van der Waals surface area contributed by atoms with Crippen LogP contribution in [0.25, 0.3) is 10.9 Å². The molecule has 0 spiro atoms. The summed E-state index contributed by atoms with van der Waals surface area (Å²) in [6.07, 6.45) is 4.31. The van der Waals surface area contributed by atoms with E-state index in [0.717, 1.165) is 22.0 Å². The minimum Gasteiger partial charge on any atom is -0.480 e. The van der Waals surface area contributed by atoms with Gasteiger partial charge in [0.05, 0.1) is 6.04 Å². The number of rotatable bonds is 14. The van der Waals surface area contributed by atoms with E-state index >= 15 is 0 Å².